The zero-order chi connectivity index (χ0) is 28.7. The van der Waals surface area contributed by atoms with E-state index in [0.29, 0.717) is 5.82 Å². The molecule has 6 aromatic carbocycles. The predicted octanol–water partition coefficient (Wildman–Crippen LogP) is 10.1. The third-order valence-electron chi connectivity index (χ3n) is 9.28. The molecule has 0 amide bonds. The average molecular weight is 550 g/mol. The lowest BCUT2D eigenvalue weighted by Gasteiger charge is -2.23. The summed E-state index contributed by atoms with van der Waals surface area (Å²) < 4.78 is 0. The van der Waals surface area contributed by atoms with Gasteiger partial charge in [0.25, 0.3) is 0 Å². The SMILES string of the molecule is CC1(C)c2ccccc2-c2nc(-c3ccccn3)nc(-c3ccc(-c4ccc5ccc6cccc7ccc4c5c67)cc3)c21. The first-order valence-electron chi connectivity index (χ1n) is 14.8. The molecule has 3 nitrogen and oxygen atoms in total. The van der Waals surface area contributed by atoms with Crippen LogP contribution in [-0.2, 0) is 5.41 Å². The normalized spacial score (nSPS) is 13.5. The first-order valence-corrected chi connectivity index (χ1v) is 14.8. The summed E-state index contributed by atoms with van der Waals surface area (Å²) >= 11 is 0. The van der Waals surface area contributed by atoms with E-state index in [1.807, 2.05) is 18.2 Å². The second kappa shape index (κ2) is 8.80. The van der Waals surface area contributed by atoms with Crippen molar-refractivity contribution in [3.63, 3.8) is 0 Å². The highest BCUT2D eigenvalue weighted by atomic mass is 14.9. The number of fused-ring (bicyclic) bond motifs is 3. The maximum atomic E-state index is 5.20. The van der Waals surface area contributed by atoms with Crippen molar-refractivity contribution in [3.8, 4) is 45.2 Å². The molecule has 1 aliphatic carbocycles. The van der Waals surface area contributed by atoms with Gasteiger partial charge in [-0.15, -0.1) is 0 Å². The van der Waals surface area contributed by atoms with Gasteiger partial charge in [0.05, 0.1) is 11.4 Å². The molecule has 0 radical (unpaired) electrons. The Kier molecular flexibility index (Phi) is 4.95. The van der Waals surface area contributed by atoms with Crippen molar-refractivity contribution < 1.29 is 0 Å². The summed E-state index contributed by atoms with van der Waals surface area (Å²) in [6.45, 7) is 4.56. The molecule has 0 aliphatic heterocycles. The molecule has 43 heavy (non-hydrogen) atoms. The van der Waals surface area contributed by atoms with Gasteiger partial charge in [0, 0.05) is 28.3 Å². The summed E-state index contributed by atoms with van der Waals surface area (Å²) in [6, 6.07) is 43.5. The highest BCUT2D eigenvalue weighted by Crippen LogP contribution is 2.51. The van der Waals surface area contributed by atoms with Crippen molar-refractivity contribution in [1.29, 1.82) is 0 Å². The van der Waals surface area contributed by atoms with Crippen molar-refractivity contribution in [3.05, 3.63) is 139 Å². The second-order valence-corrected chi connectivity index (χ2v) is 12.1. The quantitative estimate of drug-likeness (QED) is 0.206. The number of hydrogen-bond acceptors (Lipinski definition) is 3. The van der Waals surface area contributed by atoms with Crippen molar-refractivity contribution >= 4 is 32.3 Å². The van der Waals surface area contributed by atoms with Gasteiger partial charge in [-0.25, -0.2) is 9.97 Å². The fourth-order valence-electron chi connectivity index (χ4n) is 7.23. The standard InChI is InChI=1S/C40H27N3/c1-40(2)32-11-4-3-10-31(32)38-36(40)37(42-39(43-38)33-12-5-6-23-41-33)28-17-13-24(14-18-28)29-21-19-27-16-15-25-8-7-9-26-20-22-30(29)35(27)34(25)26/h3-23H,1-2H3. The highest BCUT2D eigenvalue weighted by Gasteiger charge is 2.40. The van der Waals surface area contributed by atoms with E-state index in [2.05, 4.69) is 122 Å². The van der Waals surface area contributed by atoms with Crippen LogP contribution in [0.3, 0.4) is 0 Å². The molecule has 9 rings (SSSR count). The van der Waals surface area contributed by atoms with E-state index in [4.69, 9.17) is 9.97 Å². The highest BCUT2D eigenvalue weighted by molar-refractivity contribution is 6.25. The van der Waals surface area contributed by atoms with Crippen molar-refractivity contribution in [2.24, 2.45) is 0 Å². The van der Waals surface area contributed by atoms with Gasteiger partial charge in [0.1, 0.15) is 5.69 Å². The number of pyridine rings is 1. The average Bonchev–Trinajstić information content (AvgIpc) is 3.30. The maximum Gasteiger partial charge on any atom is 0.179 e. The molecule has 0 saturated heterocycles. The van der Waals surface area contributed by atoms with E-state index in [1.54, 1.807) is 6.20 Å². The Bertz CT molecular complexity index is 2340. The van der Waals surface area contributed by atoms with Gasteiger partial charge >= 0.3 is 0 Å². The minimum Gasteiger partial charge on any atom is -0.253 e. The van der Waals surface area contributed by atoms with Gasteiger partial charge < -0.3 is 0 Å². The van der Waals surface area contributed by atoms with Gasteiger partial charge in [-0.1, -0.05) is 123 Å². The van der Waals surface area contributed by atoms with E-state index < -0.39 is 0 Å². The van der Waals surface area contributed by atoms with Gasteiger partial charge in [-0.05, 0) is 61.1 Å². The Labute approximate surface area is 249 Å². The number of rotatable bonds is 3. The second-order valence-electron chi connectivity index (χ2n) is 12.1. The lowest BCUT2D eigenvalue weighted by molar-refractivity contribution is 0.658. The molecule has 3 heteroatoms. The fourth-order valence-corrected chi connectivity index (χ4v) is 7.23. The van der Waals surface area contributed by atoms with Crippen LogP contribution in [0, 0.1) is 0 Å². The zero-order valence-corrected chi connectivity index (χ0v) is 24.0. The first-order chi connectivity index (χ1) is 21.1. The zero-order valence-electron chi connectivity index (χ0n) is 24.0. The van der Waals surface area contributed by atoms with Gasteiger partial charge in [-0.2, -0.15) is 0 Å². The Hall–Kier alpha value is -5.41. The van der Waals surface area contributed by atoms with E-state index in [1.165, 1.54) is 60.1 Å². The minimum absolute atomic E-state index is 0.228. The van der Waals surface area contributed by atoms with Crippen LogP contribution in [0.2, 0.25) is 0 Å². The Morgan fingerprint density at radius 2 is 1.19 bits per heavy atom. The smallest absolute Gasteiger partial charge is 0.179 e. The Balaban J connectivity index is 1.23. The third-order valence-corrected chi connectivity index (χ3v) is 9.28. The molecule has 202 valence electrons. The summed E-state index contributed by atoms with van der Waals surface area (Å²) in [6.07, 6.45) is 1.80. The molecule has 8 aromatic rings. The van der Waals surface area contributed by atoms with Crippen LogP contribution in [0.1, 0.15) is 25.0 Å². The molecule has 2 aromatic heterocycles. The maximum absolute atomic E-state index is 5.20. The molecule has 2 heterocycles. The van der Waals surface area contributed by atoms with Crippen LogP contribution in [0.5, 0.6) is 0 Å². The van der Waals surface area contributed by atoms with Crippen molar-refractivity contribution in [2.75, 3.05) is 0 Å². The lowest BCUT2D eigenvalue weighted by atomic mass is 9.80. The van der Waals surface area contributed by atoms with Crippen molar-refractivity contribution in [1.82, 2.24) is 15.0 Å². The molecule has 1 aliphatic rings. The molecule has 0 saturated carbocycles. The molecule has 0 atom stereocenters. The van der Waals surface area contributed by atoms with Crippen molar-refractivity contribution in [2.45, 2.75) is 19.3 Å². The predicted molar refractivity (Wildman–Crippen MR) is 177 cm³/mol. The summed E-state index contributed by atoms with van der Waals surface area (Å²) in [7, 11) is 0. The number of aromatic nitrogens is 3. The van der Waals surface area contributed by atoms with E-state index in [9.17, 15) is 0 Å². The number of nitrogens with zero attached hydrogens (tertiary/aromatic N) is 3. The molecule has 0 unspecified atom stereocenters. The molecule has 0 fully saturated rings. The summed E-state index contributed by atoms with van der Waals surface area (Å²) in [5, 5.41) is 7.81. The summed E-state index contributed by atoms with van der Waals surface area (Å²) in [5.41, 5.74) is 9.66. The van der Waals surface area contributed by atoms with Gasteiger partial charge in [0.15, 0.2) is 5.82 Å². The van der Waals surface area contributed by atoms with E-state index >= 15 is 0 Å². The Morgan fingerprint density at radius 3 is 1.98 bits per heavy atom. The van der Waals surface area contributed by atoms with Gasteiger partial charge in [-0.3, -0.25) is 4.98 Å². The molecule has 0 bridgehead atoms. The van der Waals surface area contributed by atoms with Gasteiger partial charge in [0.2, 0.25) is 0 Å². The van der Waals surface area contributed by atoms with Crippen LogP contribution < -0.4 is 0 Å². The van der Waals surface area contributed by atoms with Crippen LogP contribution in [-0.4, -0.2) is 15.0 Å². The number of hydrogen-bond donors (Lipinski definition) is 0. The number of benzene rings is 6. The largest absolute Gasteiger partial charge is 0.253 e. The Morgan fingerprint density at radius 1 is 0.512 bits per heavy atom. The first kappa shape index (κ1) is 24.2. The molecular weight excluding hydrogens is 522 g/mol. The van der Waals surface area contributed by atoms with E-state index in [0.717, 1.165) is 22.6 Å². The van der Waals surface area contributed by atoms with E-state index in [-0.39, 0.29) is 5.41 Å². The third kappa shape index (κ3) is 3.45. The van der Waals surface area contributed by atoms with Crippen LogP contribution in [0.4, 0.5) is 0 Å². The lowest BCUT2D eigenvalue weighted by Crippen LogP contribution is -2.17. The van der Waals surface area contributed by atoms with Crippen LogP contribution in [0.25, 0.3) is 77.5 Å². The molecule has 0 spiro atoms. The fraction of sp³-hybridized carbons (Fsp3) is 0.0750. The topological polar surface area (TPSA) is 38.7 Å². The molecular formula is C40H27N3. The van der Waals surface area contributed by atoms with Crippen LogP contribution >= 0.6 is 0 Å². The summed E-state index contributed by atoms with van der Waals surface area (Å²) in [5.74, 6) is 0.651. The summed E-state index contributed by atoms with van der Waals surface area (Å²) in [4.78, 5) is 14.9. The monoisotopic (exact) mass is 549 g/mol. The minimum atomic E-state index is -0.228. The van der Waals surface area contributed by atoms with Crippen LogP contribution in [0.15, 0.2) is 128 Å². The molecule has 0 N–H and O–H groups in total.